The lowest BCUT2D eigenvalue weighted by atomic mass is 10.0. The molecule has 1 amide bonds. The highest BCUT2D eigenvalue weighted by atomic mass is 19.1. The normalized spacial score (nSPS) is 12.5. The average Bonchev–Trinajstić information content (AvgIpc) is 2.35. The van der Waals surface area contributed by atoms with Crippen molar-refractivity contribution in [2.45, 2.75) is 13.0 Å². The summed E-state index contributed by atoms with van der Waals surface area (Å²) < 4.78 is 13.3. The molecule has 0 saturated carbocycles. The summed E-state index contributed by atoms with van der Waals surface area (Å²) in [5, 5.41) is 8.98. The zero-order valence-corrected chi connectivity index (χ0v) is 11.6. The zero-order valence-electron chi connectivity index (χ0n) is 11.6. The summed E-state index contributed by atoms with van der Waals surface area (Å²) in [5.41, 5.74) is 0.617. The van der Waals surface area contributed by atoms with Gasteiger partial charge in [0.25, 0.3) is 0 Å². The van der Waals surface area contributed by atoms with E-state index in [1.165, 1.54) is 12.1 Å². The number of halogens is 1. The molecule has 19 heavy (non-hydrogen) atoms. The maximum atomic E-state index is 13.3. The minimum atomic E-state index is -0.540. The molecule has 0 spiro atoms. The van der Waals surface area contributed by atoms with Crippen LogP contribution in [0.2, 0.25) is 0 Å². The van der Waals surface area contributed by atoms with Gasteiger partial charge in [0.15, 0.2) is 0 Å². The number of hydrogen-bond acceptors (Lipinski definition) is 3. The Bertz CT molecular complexity index is 424. The molecular weight excluding hydrogens is 247 g/mol. The van der Waals surface area contributed by atoms with E-state index >= 15 is 0 Å². The second kappa shape index (κ2) is 7.21. The summed E-state index contributed by atoms with van der Waals surface area (Å²) in [5.74, 6) is -0.491. The number of nitrogens with zero attached hydrogens (tertiary/aromatic N) is 2. The highest BCUT2D eigenvalue weighted by Crippen LogP contribution is 2.21. The Labute approximate surface area is 113 Å². The minimum Gasteiger partial charge on any atom is -0.395 e. The van der Waals surface area contributed by atoms with E-state index in [2.05, 4.69) is 0 Å². The van der Waals surface area contributed by atoms with E-state index in [-0.39, 0.29) is 24.9 Å². The molecule has 0 bridgehead atoms. The van der Waals surface area contributed by atoms with Gasteiger partial charge in [-0.2, -0.15) is 0 Å². The second-order valence-corrected chi connectivity index (χ2v) is 4.56. The molecule has 0 fully saturated rings. The summed E-state index contributed by atoms with van der Waals surface area (Å²) in [4.78, 5) is 15.8. The van der Waals surface area contributed by atoms with Crippen LogP contribution in [0.5, 0.6) is 0 Å². The number of carbonyl (C=O) groups excluding carboxylic acids is 1. The smallest absolute Gasteiger partial charge is 0.244 e. The molecule has 0 saturated heterocycles. The lowest BCUT2D eigenvalue weighted by Crippen LogP contribution is -2.41. The van der Waals surface area contributed by atoms with Gasteiger partial charge in [0.1, 0.15) is 11.9 Å². The van der Waals surface area contributed by atoms with Crippen molar-refractivity contribution < 1.29 is 14.3 Å². The van der Waals surface area contributed by atoms with Gasteiger partial charge < -0.3 is 10.0 Å². The summed E-state index contributed by atoms with van der Waals surface area (Å²) in [6, 6.07) is 5.51. The van der Waals surface area contributed by atoms with Gasteiger partial charge in [-0.25, -0.2) is 4.39 Å². The quantitative estimate of drug-likeness (QED) is 0.845. The molecule has 0 aliphatic heterocycles. The molecule has 0 aromatic heterocycles. The lowest BCUT2D eigenvalue weighted by molar-refractivity contribution is -0.136. The van der Waals surface area contributed by atoms with Crippen molar-refractivity contribution in [3.8, 4) is 0 Å². The Kier molecular flexibility index (Phi) is 5.92. The summed E-state index contributed by atoms with van der Waals surface area (Å²) in [6.45, 7) is 2.57. The number of hydrogen-bond donors (Lipinski definition) is 1. The van der Waals surface area contributed by atoms with Crippen LogP contribution in [-0.2, 0) is 4.79 Å². The number of likely N-dealkylation sites (N-methyl/N-ethyl adjacent to an activating group) is 2. The van der Waals surface area contributed by atoms with Crippen LogP contribution in [0.4, 0.5) is 4.39 Å². The van der Waals surface area contributed by atoms with Crippen LogP contribution in [0.25, 0.3) is 0 Å². The van der Waals surface area contributed by atoms with Gasteiger partial charge in [0, 0.05) is 13.1 Å². The molecule has 0 aliphatic rings. The number of rotatable bonds is 6. The van der Waals surface area contributed by atoms with Gasteiger partial charge in [-0.05, 0) is 38.7 Å². The van der Waals surface area contributed by atoms with E-state index in [0.29, 0.717) is 12.1 Å². The van der Waals surface area contributed by atoms with Crippen molar-refractivity contribution in [2.75, 3.05) is 33.8 Å². The van der Waals surface area contributed by atoms with Crippen LogP contribution in [0.3, 0.4) is 0 Å². The highest BCUT2D eigenvalue weighted by Gasteiger charge is 2.27. The zero-order chi connectivity index (χ0) is 14.4. The summed E-state index contributed by atoms with van der Waals surface area (Å²) in [6.07, 6.45) is 0. The fourth-order valence-electron chi connectivity index (χ4n) is 2.06. The molecule has 1 aromatic carbocycles. The van der Waals surface area contributed by atoms with Gasteiger partial charge in [-0.3, -0.25) is 9.69 Å². The number of carbonyl (C=O) groups is 1. The first-order valence-electron chi connectivity index (χ1n) is 6.32. The fraction of sp³-hybridized carbons (Fsp3) is 0.500. The van der Waals surface area contributed by atoms with Crippen molar-refractivity contribution in [1.29, 1.82) is 0 Å². The molecule has 0 heterocycles. The van der Waals surface area contributed by atoms with Crippen molar-refractivity contribution >= 4 is 5.91 Å². The Balaban J connectivity index is 3.03. The molecule has 1 aromatic rings. The van der Waals surface area contributed by atoms with Gasteiger partial charge in [0.2, 0.25) is 5.91 Å². The van der Waals surface area contributed by atoms with Gasteiger partial charge in [-0.15, -0.1) is 0 Å². The van der Waals surface area contributed by atoms with Crippen molar-refractivity contribution in [3.63, 3.8) is 0 Å². The first kappa shape index (κ1) is 15.6. The number of amides is 1. The SMILES string of the molecule is CCN(CCO)C(=O)[C@@H](c1cccc(F)c1)N(C)C. The molecule has 1 rings (SSSR count). The standard InChI is InChI=1S/C14H21FN2O2/c1-4-17(8-9-18)14(19)13(16(2)3)11-6-5-7-12(15)10-11/h5-7,10,13,18H,4,8-9H2,1-3H3/t13-/m1/s1. The molecule has 4 nitrogen and oxygen atoms in total. The molecule has 0 aliphatic carbocycles. The predicted molar refractivity (Wildman–Crippen MR) is 72.2 cm³/mol. The number of benzene rings is 1. The van der Waals surface area contributed by atoms with Crippen LogP contribution in [0.1, 0.15) is 18.5 Å². The van der Waals surface area contributed by atoms with E-state index in [9.17, 15) is 9.18 Å². The third kappa shape index (κ3) is 4.01. The molecule has 0 radical (unpaired) electrons. The van der Waals surface area contributed by atoms with Gasteiger partial charge in [-0.1, -0.05) is 12.1 Å². The Morgan fingerprint density at radius 2 is 2.11 bits per heavy atom. The van der Waals surface area contributed by atoms with E-state index in [1.54, 1.807) is 36.0 Å². The maximum absolute atomic E-state index is 13.3. The Morgan fingerprint density at radius 1 is 1.42 bits per heavy atom. The predicted octanol–water partition coefficient (Wildman–Crippen LogP) is 1.27. The maximum Gasteiger partial charge on any atom is 0.244 e. The second-order valence-electron chi connectivity index (χ2n) is 4.56. The highest BCUT2D eigenvalue weighted by molar-refractivity contribution is 5.83. The monoisotopic (exact) mass is 268 g/mol. The molecular formula is C14H21FN2O2. The van der Waals surface area contributed by atoms with Crippen molar-refractivity contribution in [1.82, 2.24) is 9.80 Å². The van der Waals surface area contributed by atoms with Crippen LogP contribution < -0.4 is 0 Å². The average molecular weight is 268 g/mol. The van der Waals surface area contributed by atoms with Crippen LogP contribution >= 0.6 is 0 Å². The van der Waals surface area contributed by atoms with Crippen LogP contribution in [0, 0.1) is 5.82 Å². The summed E-state index contributed by atoms with van der Waals surface area (Å²) in [7, 11) is 3.56. The molecule has 1 atom stereocenters. The third-order valence-corrected chi connectivity index (χ3v) is 2.98. The van der Waals surface area contributed by atoms with E-state index < -0.39 is 6.04 Å². The fourth-order valence-corrected chi connectivity index (χ4v) is 2.06. The number of aliphatic hydroxyl groups is 1. The Morgan fingerprint density at radius 3 is 2.58 bits per heavy atom. The molecule has 1 N–H and O–H groups in total. The van der Waals surface area contributed by atoms with E-state index in [4.69, 9.17) is 5.11 Å². The largest absolute Gasteiger partial charge is 0.395 e. The first-order valence-corrected chi connectivity index (χ1v) is 6.32. The van der Waals surface area contributed by atoms with Crippen LogP contribution in [0.15, 0.2) is 24.3 Å². The number of aliphatic hydroxyl groups excluding tert-OH is 1. The van der Waals surface area contributed by atoms with E-state index in [1.807, 2.05) is 6.92 Å². The van der Waals surface area contributed by atoms with E-state index in [0.717, 1.165) is 0 Å². The Hall–Kier alpha value is -1.46. The van der Waals surface area contributed by atoms with Crippen molar-refractivity contribution in [3.05, 3.63) is 35.6 Å². The lowest BCUT2D eigenvalue weighted by Gasteiger charge is -2.30. The topological polar surface area (TPSA) is 43.8 Å². The van der Waals surface area contributed by atoms with Gasteiger partial charge >= 0.3 is 0 Å². The molecule has 106 valence electrons. The van der Waals surface area contributed by atoms with Gasteiger partial charge in [0.05, 0.1) is 6.61 Å². The van der Waals surface area contributed by atoms with Crippen molar-refractivity contribution in [2.24, 2.45) is 0 Å². The first-order chi connectivity index (χ1) is 9.01. The summed E-state index contributed by atoms with van der Waals surface area (Å²) >= 11 is 0. The third-order valence-electron chi connectivity index (χ3n) is 2.98. The molecule has 0 unspecified atom stereocenters. The minimum absolute atomic E-state index is 0.0805. The molecule has 5 heteroatoms. The van der Waals surface area contributed by atoms with Crippen LogP contribution in [-0.4, -0.2) is 54.6 Å².